The van der Waals surface area contributed by atoms with Crippen LogP contribution in [0, 0.1) is 0 Å². The number of unbranched alkanes of at least 4 members (excludes halogenated alkanes) is 15. The molecule has 202 valence electrons. The largest absolute Gasteiger partial charge is 0.305 e. The zero-order chi connectivity index (χ0) is 25.1. The van der Waals surface area contributed by atoms with Crippen LogP contribution < -0.4 is 4.89 Å². The van der Waals surface area contributed by atoms with E-state index in [0.29, 0.717) is 12.9 Å². The van der Waals surface area contributed by atoms with Gasteiger partial charge in [0.25, 0.3) is 0 Å². The van der Waals surface area contributed by atoms with Crippen LogP contribution in [0.1, 0.15) is 120 Å². The highest BCUT2D eigenvalue weighted by Crippen LogP contribution is 2.16. The molecule has 10 nitrogen and oxygen atoms in total. The molecule has 0 aliphatic carbocycles. The number of aldehydes is 1. The molecule has 0 saturated carbocycles. The van der Waals surface area contributed by atoms with Crippen molar-refractivity contribution in [3.8, 4) is 5.75 Å². The maximum absolute atomic E-state index is 10.8. The van der Waals surface area contributed by atoms with Gasteiger partial charge in [0.05, 0.1) is 12.2 Å². The molecular formula is C25H42O10. The second-order valence-electron chi connectivity index (χ2n) is 8.34. The Hall–Kier alpha value is -1.63. The summed E-state index contributed by atoms with van der Waals surface area (Å²) in [7, 11) is 0. The van der Waals surface area contributed by atoms with Crippen molar-refractivity contribution in [2.45, 2.75) is 110 Å². The number of carbonyl (C=O) groups is 1. The molecule has 0 aromatic heterocycles. The molecule has 0 N–H and O–H groups in total. The first-order valence-corrected chi connectivity index (χ1v) is 12.9. The van der Waals surface area contributed by atoms with Crippen LogP contribution >= 0.6 is 0 Å². The van der Waals surface area contributed by atoms with Crippen molar-refractivity contribution in [1.29, 1.82) is 0 Å². The molecule has 0 amide bonds. The van der Waals surface area contributed by atoms with Crippen molar-refractivity contribution in [2.75, 3.05) is 6.61 Å². The van der Waals surface area contributed by atoms with Crippen LogP contribution in [0.2, 0.25) is 0 Å². The van der Waals surface area contributed by atoms with Gasteiger partial charge in [-0.15, -0.1) is 0 Å². The molecule has 1 aromatic carbocycles. The molecule has 0 aliphatic rings. The molecular weight excluding hydrogens is 460 g/mol. The number of hydrogen-bond acceptors (Lipinski definition) is 10. The molecule has 0 radical (unpaired) electrons. The van der Waals surface area contributed by atoms with Crippen LogP contribution in [0.3, 0.4) is 0 Å². The minimum absolute atomic E-state index is 0.120. The van der Waals surface area contributed by atoms with Crippen LogP contribution in [-0.4, -0.2) is 12.9 Å². The van der Waals surface area contributed by atoms with Gasteiger partial charge in [-0.25, -0.2) is 4.89 Å². The predicted octanol–water partition coefficient (Wildman–Crippen LogP) is 7.59. The van der Waals surface area contributed by atoms with Crippen molar-refractivity contribution < 1.29 is 49.8 Å². The lowest BCUT2D eigenvalue weighted by atomic mass is 10.0. The molecule has 10 heteroatoms. The molecule has 0 aliphatic heterocycles. The molecule has 0 fully saturated rings. The smallest absolute Gasteiger partial charge is 0.179 e. The SMILES string of the molecule is CCCCCCCCCCCCCCCCCCOOOOOOOOOc1ccccc1C=O. The van der Waals surface area contributed by atoms with Crippen molar-refractivity contribution in [3.05, 3.63) is 29.8 Å². The molecule has 0 bridgehead atoms. The lowest BCUT2D eigenvalue weighted by molar-refractivity contribution is -0.827. The Bertz CT molecular complexity index is 587. The fourth-order valence-electron chi connectivity index (χ4n) is 3.52. The van der Waals surface area contributed by atoms with Crippen LogP contribution in [0.15, 0.2) is 24.3 Å². The second-order valence-corrected chi connectivity index (χ2v) is 8.34. The Morgan fingerprint density at radius 3 is 1.57 bits per heavy atom. The second kappa shape index (κ2) is 25.5. The van der Waals surface area contributed by atoms with E-state index in [1.807, 2.05) is 0 Å². The summed E-state index contributed by atoms with van der Waals surface area (Å²) >= 11 is 0. The van der Waals surface area contributed by atoms with Gasteiger partial charge in [-0.05, 0) is 33.7 Å². The Morgan fingerprint density at radius 1 is 0.571 bits per heavy atom. The summed E-state index contributed by atoms with van der Waals surface area (Å²) in [5.41, 5.74) is 0.256. The standard InChI is InChI=1S/C25H42O10/c1-2-3-4-5-6-7-8-9-10-11-12-13-14-15-16-19-22-27-29-31-33-35-34-32-30-28-25-21-18-17-20-24(25)23-26/h17-18,20-21,23H,2-16,19,22H2,1H3. The van der Waals surface area contributed by atoms with Crippen molar-refractivity contribution >= 4 is 6.29 Å². The van der Waals surface area contributed by atoms with Crippen molar-refractivity contribution in [2.24, 2.45) is 0 Å². The lowest BCUT2D eigenvalue weighted by Crippen LogP contribution is -2.05. The third-order valence-corrected chi connectivity index (χ3v) is 5.47. The first kappa shape index (κ1) is 31.4. The molecule has 0 heterocycles. The molecule has 0 atom stereocenters. The van der Waals surface area contributed by atoms with E-state index in [1.165, 1.54) is 102 Å². The summed E-state index contributed by atoms with van der Waals surface area (Å²) in [6.45, 7) is 2.62. The van der Waals surface area contributed by atoms with Gasteiger partial charge in [0.1, 0.15) is 0 Å². The van der Waals surface area contributed by atoms with Gasteiger partial charge in [0.15, 0.2) is 12.0 Å². The number of hydrogen-bond donors (Lipinski definition) is 0. The molecule has 1 rings (SSSR count). The normalized spacial score (nSPS) is 11.1. The van der Waals surface area contributed by atoms with E-state index in [0.717, 1.165) is 12.8 Å². The minimum Gasteiger partial charge on any atom is -0.305 e. The highest BCUT2D eigenvalue weighted by molar-refractivity contribution is 5.78. The van der Waals surface area contributed by atoms with E-state index in [9.17, 15) is 4.79 Å². The van der Waals surface area contributed by atoms with Crippen LogP contribution in [0.25, 0.3) is 0 Å². The topological polar surface area (TPSA) is 100 Å². The average molecular weight is 503 g/mol. The van der Waals surface area contributed by atoms with E-state index < -0.39 is 0 Å². The first-order valence-electron chi connectivity index (χ1n) is 12.9. The van der Waals surface area contributed by atoms with E-state index in [-0.39, 0.29) is 11.3 Å². The number of para-hydroxylation sites is 1. The molecule has 0 saturated heterocycles. The van der Waals surface area contributed by atoms with Crippen LogP contribution in [-0.2, 0) is 40.2 Å². The fourth-order valence-corrected chi connectivity index (χ4v) is 3.52. The predicted molar refractivity (Wildman–Crippen MR) is 126 cm³/mol. The molecule has 0 unspecified atom stereocenters. The van der Waals surface area contributed by atoms with E-state index in [1.54, 1.807) is 12.1 Å². The van der Waals surface area contributed by atoms with Gasteiger partial charge in [-0.1, -0.05) is 115 Å². The minimum atomic E-state index is 0.120. The Balaban J connectivity index is 1.69. The van der Waals surface area contributed by atoms with Gasteiger partial charge in [0.2, 0.25) is 0 Å². The molecule has 1 aromatic rings. The van der Waals surface area contributed by atoms with Gasteiger partial charge >= 0.3 is 0 Å². The summed E-state index contributed by atoms with van der Waals surface area (Å²) < 4.78 is 0. The highest BCUT2D eigenvalue weighted by atomic mass is 17.9. The zero-order valence-electron chi connectivity index (χ0n) is 21.0. The van der Waals surface area contributed by atoms with Crippen molar-refractivity contribution in [3.63, 3.8) is 0 Å². The summed E-state index contributed by atoms with van der Waals surface area (Å²) in [5.74, 6) is 0.120. The van der Waals surface area contributed by atoms with Gasteiger partial charge in [-0.2, -0.15) is 0 Å². The van der Waals surface area contributed by atoms with Gasteiger partial charge < -0.3 is 4.89 Å². The van der Waals surface area contributed by atoms with Crippen LogP contribution in [0.4, 0.5) is 0 Å². The Labute approximate surface area is 208 Å². The van der Waals surface area contributed by atoms with Gasteiger partial charge in [-0.3, -0.25) is 4.79 Å². The van der Waals surface area contributed by atoms with Gasteiger partial charge in [0, 0.05) is 20.2 Å². The summed E-state index contributed by atoms with van der Waals surface area (Å²) in [5, 5.41) is 28.4. The van der Waals surface area contributed by atoms with E-state index >= 15 is 0 Å². The summed E-state index contributed by atoms with van der Waals surface area (Å²) in [6, 6.07) is 6.30. The molecule has 35 heavy (non-hydrogen) atoms. The number of rotatable bonds is 27. The maximum atomic E-state index is 10.8. The van der Waals surface area contributed by atoms with Crippen molar-refractivity contribution in [1.82, 2.24) is 0 Å². The summed E-state index contributed by atoms with van der Waals surface area (Å²) in [4.78, 5) is 20.2. The quantitative estimate of drug-likeness (QED) is 0.0517. The maximum Gasteiger partial charge on any atom is 0.179 e. The first-order chi connectivity index (χ1) is 17.4. The summed E-state index contributed by atoms with van der Waals surface area (Å²) in [6.07, 6.45) is 21.4. The monoisotopic (exact) mass is 502 g/mol. The Kier molecular flexibility index (Phi) is 22.8. The molecule has 0 spiro atoms. The Morgan fingerprint density at radius 2 is 1.03 bits per heavy atom. The van der Waals surface area contributed by atoms with E-state index in [4.69, 9.17) is 4.89 Å². The number of benzene rings is 1. The number of carbonyl (C=O) groups excluding carboxylic acids is 1. The van der Waals surface area contributed by atoms with E-state index in [2.05, 4.69) is 47.1 Å². The third-order valence-electron chi connectivity index (χ3n) is 5.47. The fraction of sp³-hybridized carbons (Fsp3) is 0.720. The third kappa shape index (κ3) is 20.3. The lowest BCUT2D eigenvalue weighted by Gasteiger charge is -2.04. The van der Waals surface area contributed by atoms with Crippen LogP contribution in [0.5, 0.6) is 5.75 Å². The average Bonchev–Trinajstić information content (AvgIpc) is 2.89. The highest BCUT2D eigenvalue weighted by Gasteiger charge is 2.04. The zero-order valence-corrected chi connectivity index (χ0v) is 21.0.